The zero-order valence-electron chi connectivity index (χ0n) is 10.1. The lowest BCUT2D eigenvalue weighted by Crippen LogP contribution is -2.14. The summed E-state index contributed by atoms with van der Waals surface area (Å²) < 4.78 is 0. The number of allylic oxidation sites excluding steroid dienone is 1. The highest BCUT2D eigenvalue weighted by molar-refractivity contribution is 5.16. The van der Waals surface area contributed by atoms with Crippen LogP contribution >= 0.6 is 0 Å². The molecule has 0 spiro atoms. The molecule has 0 heterocycles. The average molecular weight is 194 g/mol. The van der Waals surface area contributed by atoms with Gasteiger partial charge in [0.25, 0.3) is 0 Å². The average Bonchev–Trinajstić information content (AvgIpc) is 1.78. The summed E-state index contributed by atoms with van der Waals surface area (Å²) in [6.45, 7) is 13.9. The zero-order chi connectivity index (χ0) is 11.4. The minimum absolute atomic E-state index is 0.271. The first-order chi connectivity index (χ1) is 6.10. The van der Waals surface area contributed by atoms with Gasteiger partial charge >= 0.3 is 0 Å². The maximum absolute atomic E-state index is 9.36. The molecule has 0 aliphatic heterocycles. The third kappa shape index (κ3) is 9.35. The summed E-state index contributed by atoms with van der Waals surface area (Å²) in [7, 11) is 0. The van der Waals surface area contributed by atoms with Crippen molar-refractivity contribution in [2.45, 2.75) is 53.1 Å². The van der Waals surface area contributed by atoms with Gasteiger partial charge in [-0.25, -0.2) is 0 Å². The van der Waals surface area contributed by atoms with E-state index in [4.69, 9.17) is 0 Å². The lowest BCUT2D eigenvalue weighted by Gasteiger charge is -2.18. The third-order valence-corrected chi connectivity index (χ3v) is 1.51. The van der Waals surface area contributed by atoms with Crippen molar-refractivity contribution in [2.24, 2.45) is 5.41 Å². The largest absolute Gasteiger partial charge is 0.378 e. The van der Waals surface area contributed by atoms with Crippen LogP contribution in [0.2, 0.25) is 0 Å². The second kappa shape index (κ2) is 4.66. The van der Waals surface area contributed by atoms with Crippen LogP contribution in [0, 0.1) is 17.3 Å². The molecule has 0 saturated heterocycles. The molecule has 0 saturated carbocycles. The minimum Gasteiger partial charge on any atom is -0.378 e. The topological polar surface area (TPSA) is 20.2 Å². The molecule has 1 heteroatoms. The maximum Gasteiger partial charge on any atom is 0.119 e. The summed E-state index contributed by atoms with van der Waals surface area (Å²) in [4.78, 5) is 0. The molecule has 80 valence electrons. The fourth-order valence-electron chi connectivity index (χ4n) is 1.20. The third-order valence-electron chi connectivity index (χ3n) is 1.51. The molecular weight excluding hydrogens is 172 g/mol. The highest BCUT2D eigenvalue weighted by Gasteiger charge is 2.11. The quantitative estimate of drug-likeness (QED) is 0.529. The second-order valence-electron chi connectivity index (χ2n) is 5.53. The normalized spacial score (nSPS) is 11.9. The molecule has 0 rings (SSSR count). The molecule has 0 atom stereocenters. The van der Waals surface area contributed by atoms with Crippen LogP contribution in [0.1, 0.15) is 47.5 Å². The van der Waals surface area contributed by atoms with Crippen molar-refractivity contribution in [1.29, 1.82) is 0 Å². The van der Waals surface area contributed by atoms with Crippen molar-refractivity contribution in [3.05, 3.63) is 12.2 Å². The van der Waals surface area contributed by atoms with E-state index >= 15 is 0 Å². The predicted molar refractivity (Wildman–Crippen MR) is 61.9 cm³/mol. The Balaban J connectivity index is 4.03. The van der Waals surface area contributed by atoms with Gasteiger partial charge in [0, 0.05) is 6.42 Å². The Bertz CT molecular complexity index is 250. The van der Waals surface area contributed by atoms with Crippen molar-refractivity contribution >= 4 is 0 Å². The molecule has 0 radical (unpaired) electrons. The molecule has 0 amide bonds. The number of hydrogen-bond acceptors (Lipinski definition) is 1. The van der Waals surface area contributed by atoms with Crippen molar-refractivity contribution in [2.75, 3.05) is 0 Å². The Morgan fingerprint density at radius 1 is 1.21 bits per heavy atom. The monoisotopic (exact) mass is 194 g/mol. The molecule has 0 aromatic rings. The van der Waals surface area contributed by atoms with E-state index in [1.54, 1.807) is 13.8 Å². The molecule has 0 aromatic carbocycles. The highest BCUT2D eigenvalue weighted by atomic mass is 16.3. The van der Waals surface area contributed by atoms with E-state index in [1.807, 2.05) is 0 Å². The summed E-state index contributed by atoms with van der Waals surface area (Å²) in [5.74, 6) is 5.73. The molecule has 1 nitrogen and oxygen atoms in total. The van der Waals surface area contributed by atoms with E-state index in [2.05, 4.69) is 39.2 Å². The molecule has 0 aliphatic rings. The molecule has 0 unspecified atom stereocenters. The Kier molecular flexibility index (Phi) is 4.42. The molecule has 0 aromatic heterocycles. The van der Waals surface area contributed by atoms with Gasteiger partial charge in [0.2, 0.25) is 0 Å². The Hall–Kier alpha value is -0.740. The SMILES string of the molecule is C=C(CC#CC(C)(C)O)CC(C)(C)C. The van der Waals surface area contributed by atoms with Crippen LogP contribution in [0.25, 0.3) is 0 Å². The molecule has 14 heavy (non-hydrogen) atoms. The first-order valence-corrected chi connectivity index (χ1v) is 4.99. The van der Waals surface area contributed by atoms with Crippen LogP contribution in [0.3, 0.4) is 0 Å². The van der Waals surface area contributed by atoms with Gasteiger partial charge in [-0.05, 0) is 25.7 Å². The van der Waals surface area contributed by atoms with Crippen LogP contribution < -0.4 is 0 Å². The smallest absolute Gasteiger partial charge is 0.119 e. The molecule has 0 aliphatic carbocycles. The standard InChI is InChI=1S/C13H22O/c1-11(10-12(2,3)4)8-7-9-13(5,6)14/h14H,1,8,10H2,2-6H3. The fourth-order valence-corrected chi connectivity index (χ4v) is 1.20. The van der Waals surface area contributed by atoms with E-state index in [-0.39, 0.29) is 5.41 Å². The van der Waals surface area contributed by atoms with Crippen LogP contribution in [0.5, 0.6) is 0 Å². The molecule has 0 bridgehead atoms. The van der Waals surface area contributed by atoms with Crippen molar-refractivity contribution in [3.8, 4) is 11.8 Å². The zero-order valence-corrected chi connectivity index (χ0v) is 10.1. The van der Waals surface area contributed by atoms with Crippen molar-refractivity contribution in [1.82, 2.24) is 0 Å². The highest BCUT2D eigenvalue weighted by Crippen LogP contribution is 2.24. The van der Waals surface area contributed by atoms with Crippen LogP contribution in [0.4, 0.5) is 0 Å². The molecular formula is C13H22O. The molecule has 1 N–H and O–H groups in total. The summed E-state index contributed by atoms with van der Waals surface area (Å²) in [5.41, 5.74) is 0.518. The van der Waals surface area contributed by atoms with Crippen LogP contribution in [0.15, 0.2) is 12.2 Å². The van der Waals surface area contributed by atoms with E-state index in [0.717, 1.165) is 12.0 Å². The fraction of sp³-hybridized carbons (Fsp3) is 0.692. The minimum atomic E-state index is -0.887. The molecule has 0 fully saturated rings. The van der Waals surface area contributed by atoms with Gasteiger partial charge < -0.3 is 5.11 Å². The lowest BCUT2D eigenvalue weighted by molar-refractivity contribution is 0.143. The summed E-state index contributed by atoms with van der Waals surface area (Å²) in [5, 5.41) is 9.36. The van der Waals surface area contributed by atoms with Crippen LogP contribution in [-0.2, 0) is 0 Å². The van der Waals surface area contributed by atoms with Gasteiger partial charge in [-0.1, -0.05) is 44.8 Å². The predicted octanol–water partition coefficient (Wildman–Crippen LogP) is 3.14. The summed E-state index contributed by atoms with van der Waals surface area (Å²) in [6.07, 6.45) is 1.66. The van der Waals surface area contributed by atoms with E-state index in [0.29, 0.717) is 6.42 Å². The van der Waals surface area contributed by atoms with Gasteiger partial charge in [0.15, 0.2) is 0 Å². The Morgan fingerprint density at radius 3 is 2.07 bits per heavy atom. The summed E-state index contributed by atoms with van der Waals surface area (Å²) >= 11 is 0. The van der Waals surface area contributed by atoms with Gasteiger partial charge in [-0.15, -0.1) is 0 Å². The van der Waals surface area contributed by atoms with Gasteiger partial charge in [0.1, 0.15) is 5.60 Å². The maximum atomic E-state index is 9.36. The Labute approximate surface area is 88.2 Å². The number of rotatable bonds is 2. The first kappa shape index (κ1) is 13.3. The first-order valence-electron chi connectivity index (χ1n) is 4.99. The van der Waals surface area contributed by atoms with Gasteiger partial charge in [-0.3, -0.25) is 0 Å². The van der Waals surface area contributed by atoms with Crippen molar-refractivity contribution in [3.63, 3.8) is 0 Å². The number of hydrogen-bond donors (Lipinski definition) is 1. The van der Waals surface area contributed by atoms with E-state index in [1.165, 1.54) is 0 Å². The van der Waals surface area contributed by atoms with Gasteiger partial charge in [0.05, 0.1) is 0 Å². The summed E-state index contributed by atoms with van der Waals surface area (Å²) in [6, 6.07) is 0. The van der Waals surface area contributed by atoms with E-state index in [9.17, 15) is 5.11 Å². The van der Waals surface area contributed by atoms with Crippen LogP contribution in [-0.4, -0.2) is 10.7 Å². The van der Waals surface area contributed by atoms with Gasteiger partial charge in [-0.2, -0.15) is 0 Å². The Morgan fingerprint density at radius 2 is 1.71 bits per heavy atom. The lowest BCUT2D eigenvalue weighted by atomic mass is 9.87. The van der Waals surface area contributed by atoms with E-state index < -0.39 is 5.60 Å². The van der Waals surface area contributed by atoms with Crippen molar-refractivity contribution < 1.29 is 5.11 Å². The second-order valence-corrected chi connectivity index (χ2v) is 5.53. The number of aliphatic hydroxyl groups is 1.